The molecule has 2 aliphatic heterocycles. The lowest BCUT2D eigenvalue weighted by Crippen LogP contribution is -2.64. The maximum atomic E-state index is 13.2. The zero-order valence-electron chi connectivity index (χ0n) is 19.4. The molecule has 0 bridgehead atoms. The fourth-order valence-electron chi connectivity index (χ4n) is 4.40. The zero-order chi connectivity index (χ0) is 22.8. The summed E-state index contributed by atoms with van der Waals surface area (Å²) in [6, 6.07) is 13.3. The molecule has 2 aliphatic rings. The number of halogens is 1. The van der Waals surface area contributed by atoms with E-state index >= 15 is 0 Å². The van der Waals surface area contributed by atoms with Gasteiger partial charge in [-0.3, -0.25) is 4.99 Å². The summed E-state index contributed by atoms with van der Waals surface area (Å²) in [5, 5.41) is 7.15. The first-order chi connectivity index (χ1) is 15.3. The predicted octanol–water partition coefficient (Wildman–Crippen LogP) is 3.05. The average molecular weight is 493 g/mol. The number of ether oxygens (including phenoxy) is 1. The molecular weight excluding hydrogens is 460 g/mol. The van der Waals surface area contributed by atoms with Gasteiger partial charge in [-0.15, -0.1) is 12.4 Å². The van der Waals surface area contributed by atoms with Crippen molar-refractivity contribution in [2.75, 3.05) is 33.3 Å². The molecule has 0 amide bonds. The lowest BCUT2D eigenvalue weighted by Gasteiger charge is -2.44. The molecule has 33 heavy (non-hydrogen) atoms. The standard InChI is InChI=1S/C24H32N4O3S.ClH/c1-18-4-9-22(16-19(18)2)32(29,30)28-14-10-24(11-15-28)23(25-12-13-27-24)26-17-20-5-7-21(31-3)8-6-20;/h4-9,16,27H,10-15,17H2,1-3H3,(H,25,26);1H. The van der Waals surface area contributed by atoms with Gasteiger partial charge >= 0.3 is 0 Å². The van der Waals surface area contributed by atoms with Crippen LogP contribution in [0.3, 0.4) is 0 Å². The summed E-state index contributed by atoms with van der Waals surface area (Å²) in [6.07, 6.45) is 1.37. The number of aliphatic imine (C=N–C) groups is 1. The smallest absolute Gasteiger partial charge is 0.243 e. The van der Waals surface area contributed by atoms with Gasteiger partial charge in [0.05, 0.1) is 24.1 Å². The van der Waals surface area contributed by atoms with E-state index in [1.54, 1.807) is 23.5 Å². The van der Waals surface area contributed by atoms with Crippen molar-refractivity contribution in [1.29, 1.82) is 0 Å². The van der Waals surface area contributed by atoms with Crippen LogP contribution in [0.4, 0.5) is 0 Å². The van der Waals surface area contributed by atoms with E-state index in [0.717, 1.165) is 41.4 Å². The summed E-state index contributed by atoms with van der Waals surface area (Å²) >= 11 is 0. The van der Waals surface area contributed by atoms with E-state index in [-0.39, 0.29) is 17.9 Å². The van der Waals surface area contributed by atoms with E-state index in [4.69, 9.17) is 9.73 Å². The minimum atomic E-state index is -3.50. The molecular formula is C24H33ClN4O3S. The minimum Gasteiger partial charge on any atom is -0.497 e. The van der Waals surface area contributed by atoms with E-state index in [1.165, 1.54) is 0 Å². The number of rotatable bonds is 5. The summed E-state index contributed by atoms with van der Waals surface area (Å²) in [6.45, 7) is 7.05. The van der Waals surface area contributed by atoms with Gasteiger partial charge in [0.15, 0.2) is 0 Å². The van der Waals surface area contributed by atoms with Gasteiger partial charge in [-0.05, 0) is 67.6 Å². The van der Waals surface area contributed by atoms with Crippen LogP contribution in [-0.4, -0.2) is 57.4 Å². The Balaban J connectivity index is 0.00000306. The van der Waals surface area contributed by atoms with E-state index in [2.05, 4.69) is 10.6 Å². The molecule has 1 fully saturated rings. The predicted molar refractivity (Wildman–Crippen MR) is 134 cm³/mol. The molecule has 180 valence electrons. The molecule has 0 radical (unpaired) electrons. The normalized spacial score (nSPS) is 18.3. The quantitative estimate of drug-likeness (QED) is 0.670. The zero-order valence-corrected chi connectivity index (χ0v) is 21.1. The maximum Gasteiger partial charge on any atom is 0.243 e. The largest absolute Gasteiger partial charge is 0.497 e. The number of nitrogens with zero attached hydrogens (tertiary/aromatic N) is 2. The molecule has 2 aromatic carbocycles. The third-order valence-corrected chi connectivity index (χ3v) is 8.50. The van der Waals surface area contributed by atoms with Crippen LogP contribution in [-0.2, 0) is 16.6 Å². The highest BCUT2D eigenvalue weighted by atomic mass is 35.5. The number of hydrogen-bond donors (Lipinski definition) is 2. The van der Waals surface area contributed by atoms with Crippen LogP contribution in [0.25, 0.3) is 0 Å². The van der Waals surface area contributed by atoms with Crippen molar-refractivity contribution in [2.24, 2.45) is 4.99 Å². The highest BCUT2D eigenvalue weighted by Gasteiger charge is 2.43. The lowest BCUT2D eigenvalue weighted by atomic mass is 9.85. The molecule has 4 rings (SSSR count). The fourth-order valence-corrected chi connectivity index (χ4v) is 5.92. The highest BCUT2D eigenvalue weighted by molar-refractivity contribution is 7.89. The molecule has 2 aromatic rings. The molecule has 0 aromatic heterocycles. The summed E-state index contributed by atoms with van der Waals surface area (Å²) in [5.74, 6) is 1.77. The summed E-state index contributed by atoms with van der Waals surface area (Å²) in [7, 11) is -1.84. The third-order valence-electron chi connectivity index (χ3n) is 6.61. The van der Waals surface area contributed by atoms with Crippen LogP contribution >= 0.6 is 12.4 Å². The van der Waals surface area contributed by atoms with Gasteiger partial charge in [0.1, 0.15) is 11.6 Å². The van der Waals surface area contributed by atoms with Gasteiger partial charge in [0, 0.05) is 26.2 Å². The van der Waals surface area contributed by atoms with E-state index < -0.39 is 10.0 Å². The summed E-state index contributed by atoms with van der Waals surface area (Å²) < 4.78 is 33.3. The number of benzene rings is 2. The number of sulfonamides is 1. The monoisotopic (exact) mass is 492 g/mol. The van der Waals surface area contributed by atoms with Crippen LogP contribution < -0.4 is 15.4 Å². The van der Waals surface area contributed by atoms with Crippen molar-refractivity contribution in [3.63, 3.8) is 0 Å². The highest BCUT2D eigenvalue weighted by Crippen LogP contribution is 2.29. The van der Waals surface area contributed by atoms with Crippen molar-refractivity contribution in [2.45, 2.75) is 43.7 Å². The Labute approximate surface area is 203 Å². The second-order valence-electron chi connectivity index (χ2n) is 8.59. The van der Waals surface area contributed by atoms with Crippen LogP contribution in [0.1, 0.15) is 29.5 Å². The first kappa shape index (κ1) is 25.5. The summed E-state index contributed by atoms with van der Waals surface area (Å²) in [4.78, 5) is 5.15. The molecule has 7 nitrogen and oxygen atoms in total. The molecule has 2 heterocycles. The number of hydrogen-bond acceptors (Lipinski definition) is 6. The van der Waals surface area contributed by atoms with Gasteiger partial charge in [0.25, 0.3) is 0 Å². The van der Waals surface area contributed by atoms with Crippen molar-refractivity contribution in [3.05, 3.63) is 59.2 Å². The number of methoxy groups -OCH3 is 1. The molecule has 9 heteroatoms. The average Bonchev–Trinajstić information content (AvgIpc) is 2.81. The van der Waals surface area contributed by atoms with Crippen LogP contribution in [0.15, 0.2) is 52.4 Å². The van der Waals surface area contributed by atoms with Crippen LogP contribution in [0.5, 0.6) is 5.75 Å². The molecule has 1 spiro atoms. The van der Waals surface area contributed by atoms with Crippen LogP contribution in [0, 0.1) is 13.8 Å². The Bertz CT molecular complexity index is 1100. The molecule has 1 saturated heterocycles. The van der Waals surface area contributed by atoms with Crippen molar-refractivity contribution in [3.8, 4) is 5.75 Å². The molecule has 0 saturated carbocycles. The summed E-state index contributed by atoms with van der Waals surface area (Å²) in [5.41, 5.74) is 2.92. The number of piperidine rings is 1. The molecule has 2 N–H and O–H groups in total. The Hall–Kier alpha value is -2.13. The SMILES string of the molecule is COc1ccc(CNC2=NCCNC23CCN(S(=O)(=O)c2ccc(C)c(C)c2)CC3)cc1.Cl. The molecule has 0 atom stereocenters. The minimum absolute atomic E-state index is 0. The third kappa shape index (κ3) is 5.35. The van der Waals surface area contributed by atoms with E-state index in [0.29, 0.717) is 37.4 Å². The van der Waals surface area contributed by atoms with Crippen molar-refractivity contribution < 1.29 is 13.2 Å². The molecule has 0 aliphatic carbocycles. The van der Waals surface area contributed by atoms with Gasteiger partial charge in [-0.2, -0.15) is 4.31 Å². The first-order valence-electron chi connectivity index (χ1n) is 11.1. The second kappa shape index (κ2) is 10.4. The van der Waals surface area contributed by atoms with Gasteiger partial charge in [-0.25, -0.2) is 8.42 Å². The Morgan fingerprint density at radius 3 is 2.42 bits per heavy atom. The van der Waals surface area contributed by atoms with Gasteiger partial charge < -0.3 is 15.4 Å². The topological polar surface area (TPSA) is 83.0 Å². The second-order valence-corrected chi connectivity index (χ2v) is 10.5. The number of aryl methyl sites for hydroxylation is 2. The van der Waals surface area contributed by atoms with E-state index in [1.807, 2.05) is 44.2 Å². The maximum absolute atomic E-state index is 13.2. The Morgan fingerprint density at radius 1 is 1.09 bits per heavy atom. The Morgan fingerprint density at radius 2 is 1.79 bits per heavy atom. The van der Waals surface area contributed by atoms with E-state index in [9.17, 15) is 8.42 Å². The van der Waals surface area contributed by atoms with Crippen molar-refractivity contribution >= 4 is 28.3 Å². The molecule has 0 unspecified atom stereocenters. The first-order valence-corrected chi connectivity index (χ1v) is 12.5. The lowest BCUT2D eigenvalue weighted by molar-refractivity contribution is 0.241. The van der Waals surface area contributed by atoms with Gasteiger partial charge in [-0.1, -0.05) is 18.2 Å². The van der Waals surface area contributed by atoms with Crippen molar-refractivity contribution in [1.82, 2.24) is 14.9 Å². The van der Waals surface area contributed by atoms with Gasteiger partial charge in [0.2, 0.25) is 10.0 Å². The number of nitrogens with one attached hydrogen (secondary N) is 2. The fraction of sp³-hybridized carbons (Fsp3) is 0.458. The number of amidine groups is 1. The van der Waals surface area contributed by atoms with Crippen LogP contribution in [0.2, 0.25) is 0 Å². The Kier molecular flexibility index (Phi) is 8.05.